The number of nitrogens with zero attached hydrogens (tertiary/aromatic N) is 1. The number of aromatic nitrogens is 1. The van der Waals surface area contributed by atoms with Crippen molar-refractivity contribution in [1.82, 2.24) is 4.98 Å². The van der Waals surface area contributed by atoms with Crippen LogP contribution in [0.4, 0.5) is 0 Å². The van der Waals surface area contributed by atoms with E-state index in [1.54, 1.807) is 18.0 Å². The van der Waals surface area contributed by atoms with Crippen LogP contribution in [0.5, 0.6) is 0 Å². The van der Waals surface area contributed by atoms with E-state index in [4.69, 9.17) is 0 Å². The summed E-state index contributed by atoms with van der Waals surface area (Å²) in [6, 6.07) is 7.80. The first-order valence-corrected chi connectivity index (χ1v) is 7.30. The highest BCUT2D eigenvalue weighted by atomic mass is 32.2. The van der Waals surface area contributed by atoms with Crippen molar-refractivity contribution in [1.29, 1.82) is 0 Å². The van der Waals surface area contributed by atoms with Gasteiger partial charge < -0.3 is 0 Å². The van der Waals surface area contributed by atoms with Crippen LogP contribution in [0.15, 0.2) is 40.7 Å². The molecule has 1 aromatic heterocycles. The Morgan fingerprint density at radius 3 is 2.71 bits per heavy atom. The smallest absolute Gasteiger partial charge is 0.169 e. The van der Waals surface area contributed by atoms with Crippen LogP contribution in [-0.4, -0.2) is 16.5 Å². The monoisotopic (exact) mass is 263 g/mol. The number of carbonyl (C=O) groups excluding carboxylic acids is 1. The van der Waals surface area contributed by atoms with E-state index in [0.29, 0.717) is 6.42 Å². The lowest BCUT2D eigenvalue weighted by atomic mass is 10.1. The van der Waals surface area contributed by atoms with Crippen molar-refractivity contribution in [2.45, 2.75) is 18.2 Å². The minimum Gasteiger partial charge on any atom is -0.294 e. The predicted molar refractivity (Wildman–Crippen MR) is 73.0 cm³/mol. The van der Waals surface area contributed by atoms with Gasteiger partial charge in [0.25, 0.3) is 0 Å². The maximum absolute atomic E-state index is 11.9. The Labute approximate surface area is 109 Å². The zero-order chi connectivity index (χ0) is 12.1. The van der Waals surface area contributed by atoms with Crippen LogP contribution in [0.1, 0.15) is 22.3 Å². The van der Waals surface area contributed by atoms with Crippen LogP contribution in [0.2, 0.25) is 0 Å². The molecule has 0 saturated carbocycles. The maximum Gasteiger partial charge on any atom is 0.169 e. The second kappa shape index (κ2) is 5.98. The third kappa shape index (κ3) is 3.41. The van der Waals surface area contributed by atoms with Crippen molar-refractivity contribution in [2.75, 3.05) is 5.75 Å². The Balaban J connectivity index is 2.04. The van der Waals surface area contributed by atoms with E-state index in [0.717, 1.165) is 16.3 Å². The standard InChI is InChI=1S/C13H13NOS2/c1-2-16-11-5-3-10(4-6-11)12(15)9-13-14-7-8-17-13/h3-8H,2,9H2,1H3. The fourth-order valence-corrected chi connectivity index (χ4v) is 2.76. The number of hydrogen-bond acceptors (Lipinski definition) is 4. The van der Waals surface area contributed by atoms with Gasteiger partial charge >= 0.3 is 0 Å². The second-order valence-electron chi connectivity index (χ2n) is 3.48. The first kappa shape index (κ1) is 12.3. The van der Waals surface area contributed by atoms with Gasteiger partial charge in [-0.15, -0.1) is 23.1 Å². The van der Waals surface area contributed by atoms with Crippen molar-refractivity contribution in [2.24, 2.45) is 0 Å². The van der Waals surface area contributed by atoms with Gasteiger partial charge in [-0.05, 0) is 17.9 Å². The van der Waals surface area contributed by atoms with E-state index in [9.17, 15) is 4.79 Å². The molecule has 0 aliphatic rings. The topological polar surface area (TPSA) is 30.0 Å². The van der Waals surface area contributed by atoms with E-state index in [-0.39, 0.29) is 5.78 Å². The number of benzene rings is 1. The average molecular weight is 263 g/mol. The molecule has 0 aliphatic carbocycles. The highest BCUT2D eigenvalue weighted by Crippen LogP contribution is 2.18. The summed E-state index contributed by atoms with van der Waals surface area (Å²) in [6.45, 7) is 2.12. The van der Waals surface area contributed by atoms with E-state index in [1.807, 2.05) is 29.6 Å². The molecular weight excluding hydrogens is 250 g/mol. The molecule has 2 rings (SSSR count). The fraction of sp³-hybridized carbons (Fsp3) is 0.231. The Bertz CT molecular complexity index is 477. The summed E-state index contributed by atoms with van der Waals surface area (Å²) in [7, 11) is 0. The summed E-state index contributed by atoms with van der Waals surface area (Å²) in [5.74, 6) is 1.18. The first-order valence-electron chi connectivity index (χ1n) is 5.44. The third-order valence-corrected chi connectivity index (χ3v) is 3.96. The van der Waals surface area contributed by atoms with Crippen LogP contribution in [0.25, 0.3) is 0 Å². The molecule has 2 nitrogen and oxygen atoms in total. The molecule has 0 unspecified atom stereocenters. The van der Waals surface area contributed by atoms with E-state index >= 15 is 0 Å². The van der Waals surface area contributed by atoms with Crippen molar-refractivity contribution in [3.05, 3.63) is 46.4 Å². The Hall–Kier alpha value is -1.13. The molecule has 1 aromatic carbocycles. The Morgan fingerprint density at radius 2 is 2.12 bits per heavy atom. The lowest BCUT2D eigenvalue weighted by Crippen LogP contribution is -2.02. The number of Topliss-reactive ketones (excluding diaryl/α,β-unsaturated/α-hetero) is 1. The highest BCUT2D eigenvalue weighted by Gasteiger charge is 2.08. The van der Waals surface area contributed by atoms with Crippen LogP contribution in [0.3, 0.4) is 0 Å². The number of carbonyl (C=O) groups is 1. The normalized spacial score (nSPS) is 10.4. The number of thiazole rings is 1. The summed E-state index contributed by atoms with van der Waals surface area (Å²) in [5.41, 5.74) is 0.764. The van der Waals surface area contributed by atoms with Gasteiger partial charge in [0.05, 0.1) is 6.42 Å². The molecule has 0 spiro atoms. The molecule has 2 aromatic rings. The number of hydrogen-bond donors (Lipinski definition) is 0. The van der Waals surface area contributed by atoms with Gasteiger partial charge in [0, 0.05) is 22.0 Å². The van der Waals surface area contributed by atoms with Crippen LogP contribution < -0.4 is 0 Å². The lowest BCUT2D eigenvalue weighted by Gasteiger charge is -2.01. The fourth-order valence-electron chi connectivity index (χ4n) is 1.48. The van der Waals surface area contributed by atoms with Gasteiger partial charge in [-0.3, -0.25) is 4.79 Å². The van der Waals surface area contributed by atoms with E-state index in [1.165, 1.54) is 16.2 Å². The van der Waals surface area contributed by atoms with E-state index < -0.39 is 0 Å². The number of thioether (sulfide) groups is 1. The first-order chi connectivity index (χ1) is 8.29. The maximum atomic E-state index is 11.9. The minimum atomic E-state index is 0.132. The molecule has 0 aliphatic heterocycles. The Morgan fingerprint density at radius 1 is 1.35 bits per heavy atom. The molecule has 4 heteroatoms. The molecule has 0 bridgehead atoms. The lowest BCUT2D eigenvalue weighted by molar-refractivity contribution is 0.0993. The van der Waals surface area contributed by atoms with Gasteiger partial charge in [0.1, 0.15) is 5.01 Å². The van der Waals surface area contributed by atoms with E-state index in [2.05, 4.69) is 11.9 Å². The van der Waals surface area contributed by atoms with Crippen LogP contribution >= 0.6 is 23.1 Å². The summed E-state index contributed by atoms with van der Waals surface area (Å²) in [6.07, 6.45) is 2.13. The summed E-state index contributed by atoms with van der Waals surface area (Å²) in [5, 5.41) is 2.77. The third-order valence-electron chi connectivity index (χ3n) is 2.28. The van der Waals surface area contributed by atoms with Crippen LogP contribution in [0, 0.1) is 0 Å². The molecule has 0 saturated heterocycles. The minimum absolute atomic E-state index is 0.132. The molecular formula is C13H13NOS2. The largest absolute Gasteiger partial charge is 0.294 e. The van der Waals surface area contributed by atoms with Gasteiger partial charge in [-0.1, -0.05) is 19.1 Å². The summed E-state index contributed by atoms with van der Waals surface area (Å²) < 4.78 is 0. The number of ketones is 1. The predicted octanol–water partition coefficient (Wildman–Crippen LogP) is 3.68. The second-order valence-corrected chi connectivity index (χ2v) is 5.80. The molecule has 1 heterocycles. The molecule has 0 fully saturated rings. The Kier molecular flexibility index (Phi) is 4.34. The van der Waals surface area contributed by atoms with Gasteiger partial charge in [0.2, 0.25) is 0 Å². The van der Waals surface area contributed by atoms with Gasteiger partial charge in [-0.25, -0.2) is 4.98 Å². The molecule has 17 heavy (non-hydrogen) atoms. The van der Waals surface area contributed by atoms with Gasteiger partial charge in [0.15, 0.2) is 5.78 Å². The average Bonchev–Trinajstić information content (AvgIpc) is 2.83. The van der Waals surface area contributed by atoms with Gasteiger partial charge in [-0.2, -0.15) is 0 Å². The van der Waals surface area contributed by atoms with Crippen molar-refractivity contribution < 1.29 is 4.79 Å². The van der Waals surface area contributed by atoms with Crippen LogP contribution in [-0.2, 0) is 6.42 Å². The quantitative estimate of drug-likeness (QED) is 0.609. The molecule has 0 radical (unpaired) electrons. The van der Waals surface area contributed by atoms with Crippen molar-refractivity contribution >= 4 is 28.9 Å². The number of rotatable bonds is 5. The molecule has 0 amide bonds. The molecule has 88 valence electrons. The van der Waals surface area contributed by atoms with Crippen molar-refractivity contribution in [3.8, 4) is 0 Å². The zero-order valence-electron chi connectivity index (χ0n) is 9.55. The summed E-state index contributed by atoms with van der Waals surface area (Å²) >= 11 is 3.30. The highest BCUT2D eigenvalue weighted by molar-refractivity contribution is 7.99. The molecule has 0 N–H and O–H groups in total. The SMILES string of the molecule is CCSc1ccc(C(=O)Cc2nccs2)cc1. The summed E-state index contributed by atoms with van der Waals surface area (Å²) in [4.78, 5) is 17.3. The molecule has 0 atom stereocenters. The zero-order valence-corrected chi connectivity index (χ0v) is 11.2. The van der Waals surface area contributed by atoms with Crippen molar-refractivity contribution in [3.63, 3.8) is 0 Å².